The van der Waals surface area contributed by atoms with Crippen molar-refractivity contribution in [2.24, 2.45) is 5.92 Å². The lowest BCUT2D eigenvalue weighted by atomic mass is 9.95. The smallest absolute Gasteiger partial charge is 0.322 e. The number of nitrogens with one attached hydrogen (secondary N) is 2. The van der Waals surface area contributed by atoms with Crippen molar-refractivity contribution in [1.29, 1.82) is 0 Å². The van der Waals surface area contributed by atoms with Crippen LogP contribution in [0.25, 0.3) is 0 Å². The molecule has 1 aromatic carbocycles. The highest BCUT2D eigenvalue weighted by molar-refractivity contribution is 5.89. The minimum atomic E-state index is 0.0170. The van der Waals surface area contributed by atoms with Crippen molar-refractivity contribution in [1.82, 2.24) is 10.2 Å². The third kappa shape index (κ3) is 3.97. The molecule has 0 spiro atoms. The van der Waals surface area contributed by atoms with Crippen molar-refractivity contribution in [2.45, 2.75) is 45.7 Å². The van der Waals surface area contributed by atoms with E-state index in [0.717, 1.165) is 18.7 Å². The van der Waals surface area contributed by atoms with Gasteiger partial charge in [0.15, 0.2) is 0 Å². The number of anilines is 1. The number of benzene rings is 1. The maximum absolute atomic E-state index is 12.5. The molecule has 1 aliphatic rings. The maximum atomic E-state index is 12.5. The van der Waals surface area contributed by atoms with Gasteiger partial charge in [-0.2, -0.15) is 0 Å². The van der Waals surface area contributed by atoms with Gasteiger partial charge in [0.1, 0.15) is 0 Å². The van der Waals surface area contributed by atoms with Gasteiger partial charge < -0.3 is 15.5 Å². The van der Waals surface area contributed by atoms with E-state index in [1.54, 1.807) is 0 Å². The summed E-state index contributed by atoms with van der Waals surface area (Å²) in [7, 11) is 1.94. The van der Waals surface area contributed by atoms with Crippen molar-refractivity contribution < 1.29 is 4.79 Å². The molecule has 0 radical (unpaired) electrons. The van der Waals surface area contributed by atoms with Crippen LogP contribution in [0.15, 0.2) is 24.3 Å². The Hall–Kier alpha value is -1.55. The molecular formula is C17H27N3O. The normalized spacial score (nSPS) is 23.7. The molecule has 4 nitrogen and oxygen atoms in total. The molecule has 1 heterocycles. The number of hydrogen-bond acceptors (Lipinski definition) is 2. The van der Waals surface area contributed by atoms with Crippen molar-refractivity contribution in [3.8, 4) is 0 Å². The first kappa shape index (κ1) is 15.8. The number of nitrogens with zero attached hydrogens (tertiary/aromatic N) is 1. The molecule has 1 aromatic rings. The molecule has 1 aliphatic heterocycles. The molecule has 0 aromatic heterocycles. The third-order valence-electron chi connectivity index (χ3n) is 4.45. The van der Waals surface area contributed by atoms with Crippen LogP contribution in [0.3, 0.4) is 0 Å². The first-order chi connectivity index (χ1) is 10.0. The summed E-state index contributed by atoms with van der Waals surface area (Å²) in [4.78, 5) is 14.4. The van der Waals surface area contributed by atoms with Crippen LogP contribution in [-0.2, 0) is 0 Å². The van der Waals surface area contributed by atoms with Gasteiger partial charge in [0.25, 0.3) is 0 Å². The Morgan fingerprint density at radius 3 is 2.81 bits per heavy atom. The van der Waals surface area contributed by atoms with Gasteiger partial charge in [-0.25, -0.2) is 4.79 Å². The summed E-state index contributed by atoms with van der Waals surface area (Å²) in [6, 6.07) is 8.65. The fourth-order valence-electron chi connectivity index (χ4n) is 2.82. The van der Waals surface area contributed by atoms with Gasteiger partial charge in [-0.1, -0.05) is 19.1 Å². The first-order valence-corrected chi connectivity index (χ1v) is 7.86. The maximum Gasteiger partial charge on any atom is 0.322 e. The van der Waals surface area contributed by atoms with Crippen LogP contribution in [0.2, 0.25) is 0 Å². The zero-order chi connectivity index (χ0) is 15.4. The second-order valence-electron chi connectivity index (χ2n) is 6.25. The summed E-state index contributed by atoms with van der Waals surface area (Å²) < 4.78 is 0. The average Bonchev–Trinajstić information content (AvgIpc) is 2.49. The number of hydrogen-bond donors (Lipinski definition) is 2. The lowest BCUT2D eigenvalue weighted by molar-refractivity contribution is 0.147. The lowest BCUT2D eigenvalue weighted by Gasteiger charge is -2.36. The summed E-state index contributed by atoms with van der Waals surface area (Å²) in [5.74, 6) is 0.586. The SMILES string of the molecule is CNC(C)c1cccc(NC(=O)N2CC(C)CCC2C)c1. The monoisotopic (exact) mass is 289 g/mol. The van der Waals surface area contributed by atoms with Gasteiger partial charge in [-0.3, -0.25) is 0 Å². The molecule has 2 amide bonds. The minimum absolute atomic E-state index is 0.0170. The van der Waals surface area contributed by atoms with Crippen molar-refractivity contribution in [3.63, 3.8) is 0 Å². The van der Waals surface area contributed by atoms with Crippen molar-refractivity contribution in [2.75, 3.05) is 18.9 Å². The molecule has 1 saturated heterocycles. The van der Waals surface area contributed by atoms with Crippen LogP contribution in [0.1, 0.15) is 45.2 Å². The number of amides is 2. The Bertz CT molecular complexity index is 489. The van der Waals surface area contributed by atoms with Crippen LogP contribution in [0.5, 0.6) is 0 Å². The number of carbonyl (C=O) groups excluding carboxylic acids is 1. The van der Waals surface area contributed by atoms with Crippen LogP contribution >= 0.6 is 0 Å². The van der Waals surface area contributed by atoms with E-state index in [2.05, 4.69) is 37.5 Å². The molecule has 116 valence electrons. The third-order valence-corrected chi connectivity index (χ3v) is 4.45. The number of rotatable bonds is 3. The number of likely N-dealkylation sites (tertiary alicyclic amines) is 1. The summed E-state index contributed by atoms with van der Waals surface area (Å²) >= 11 is 0. The van der Waals surface area contributed by atoms with Gasteiger partial charge in [-0.15, -0.1) is 0 Å². The van der Waals surface area contributed by atoms with E-state index in [-0.39, 0.29) is 12.1 Å². The fraction of sp³-hybridized carbons (Fsp3) is 0.588. The summed E-state index contributed by atoms with van der Waals surface area (Å²) in [5, 5.41) is 6.26. The molecule has 3 atom stereocenters. The quantitative estimate of drug-likeness (QED) is 0.892. The summed E-state index contributed by atoms with van der Waals surface area (Å²) in [5.41, 5.74) is 2.04. The molecule has 21 heavy (non-hydrogen) atoms. The van der Waals surface area contributed by atoms with Gasteiger partial charge in [0.2, 0.25) is 0 Å². The second-order valence-corrected chi connectivity index (χ2v) is 6.25. The topological polar surface area (TPSA) is 44.4 Å². The largest absolute Gasteiger partial charge is 0.322 e. The average molecular weight is 289 g/mol. The molecular weight excluding hydrogens is 262 g/mol. The van der Waals surface area contributed by atoms with E-state index < -0.39 is 0 Å². The Morgan fingerprint density at radius 2 is 2.10 bits per heavy atom. The molecule has 2 N–H and O–H groups in total. The highest BCUT2D eigenvalue weighted by Crippen LogP contribution is 2.23. The van der Waals surface area contributed by atoms with Gasteiger partial charge >= 0.3 is 6.03 Å². The number of urea groups is 1. The zero-order valence-electron chi connectivity index (χ0n) is 13.5. The van der Waals surface area contributed by atoms with Gasteiger partial charge in [0.05, 0.1) is 0 Å². The van der Waals surface area contributed by atoms with E-state index in [1.807, 2.05) is 30.1 Å². The molecule has 3 unspecified atom stereocenters. The highest BCUT2D eigenvalue weighted by atomic mass is 16.2. The molecule has 1 fully saturated rings. The van der Waals surface area contributed by atoms with Crippen LogP contribution < -0.4 is 10.6 Å². The molecule has 0 saturated carbocycles. The van der Waals surface area contributed by atoms with Gasteiger partial charge in [-0.05, 0) is 57.4 Å². The minimum Gasteiger partial charge on any atom is -0.322 e. The van der Waals surface area contributed by atoms with Crippen LogP contribution in [0.4, 0.5) is 10.5 Å². The number of piperidine rings is 1. The van der Waals surface area contributed by atoms with Crippen LogP contribution in [-0.4, -0.2) is 30.6 Å². The Labute approximate surface area is 127 Å². The fourth-order valence-corrected chi connectivity index (χ4v) is 2.82. The Balaban J connectivity index is 2.05. The molecule has 4 heteroatoms. The van der Waals surface area contributed by atoms with Crippen LogP contribution in [0, 0.1) is 5.92 Å². The highest BCUT2D eigenvalue weighted by Gasteiger charge is 2.26. The standard InChI is InChI=1S/C17H27N3O/c1-12-8-9-13(2)20(11-12)17(21)19-16-7-5-6-15(10-16)14(3)18-4/h5-7,10,12-14,18H,8-9,11H2,1-4H3,(H,19,21). The van der Waals surface area contributed by atoms with E-state index in [0.29, 0.717) is 12.0 Å². The molecule has 0 aliphatic carbocycles. The van der Waals surface area contributed by atoms with Gasteiger partial charge in [0, 0.05) is 24.3 Å². The van der Waals surface area contributed by atoms with Crippen molar-refractivity contribution in [3.05, 3.63) is 29.8 Å². The Morgan fingerprint density at radius 1 is 1.33 bits per heavy atom. The zero-order valence-corrected chi connectivity index (χ0v) is 13.5. The lowest BCUT2D eigenvalue weighted by Crippen LogP contribution is -2.46. The van der Waals surface area contributed by atoms with E-state index in [4.69, 9.17) is 0 Å². The number of carbonyl (C=O) groups is 1. The summed E-state index contributed by atoms with van der Waals surface area (Å²) in [6.07, 6.45) is 2.30. The predicted molar refractivity (Wildman–Crippen MR) is 87.5 cm³/mol. The Kier molecular flexibility index (Phi) is 5.23. The van der Waals surface area contributed by atoms with E-state index in [9.17, 15) is 4.79 Å². The molecule has 0 bridgehead atoms. The summed E-state index contributed by atoms with van der Waals surface area (Å²) in [6.45, 7) is 7.29. The van der Waals surface area contributed by atoms with E-state index in [1.165, 1.54) is 12.0 Å². The second kappa shape index (κ2) is 6.94. The van der Waals surface area contributed by atoms with E-state index >= 15 is 0 Å². The van der Waals surface area contributed by atoms with Crippen molar-refractivity contribution >= 4 is 11.7 Å². The predicted octanol–water partition coefficient (Wildman–Crippen LogP) is 3.62. The first-order valence-electron chi connectivity index (χ1n) is 7.86. The molecule has 2 rings (SSSR count).